The molecule has 0 aromatic carbocycles. The summed E-state index contributed by atoms with van der Waals surface area (Å²) in [6.45, 7) is 12.5. The van der Waals surface area contributed by atoms with E-state index in [1.54, 1.807) is 0 Å². The van der Waals surface area contributed by atoms with Crippen molar-refractivity contribution in [3.05, 3.63) is 25.3 Å². The van der Waals surface area contributed by atoms with Crippen molar-refractivity contribution in [3.8, 4) is 0 Å². The third kappa shape index (κ3) is 3.46. The molecule has 0 aliphatic rings. The maximum atomic E-state index is 3.72. The molecular weight excluding hydrogens is 122 g/mol. The highest BCUT2D eigenvalue weighted by molar-refractivity contribution is 4.84. The zero-order valence-electron chi connectivity index (χ0n) is 6.93. The molecular formula is C9H17N. The minimum absolute atomic E-state index is 0.496. The second kappa shape index (κ2) is 5.24. The Hall–Kier alpha value is -0.560. The van der Waals surface area contributed by atoms with Crippen LogP contribution in [0.3, 0.4) is 0 Å². The lowest BCUT2D eigenvalue weighted by atomic mass is 10.0. The molecule has 0 amide bonds. The molecule has 0 fully saturated rings. The van der Waals surface area contributed by atoms with E-state index in [0.29, 0.717) is 12.0 Å². The van der Waals surface area contributed by atoms with Gasteiger partial charge in [-0.05, 0) is 12.8 Å². The molecule has 0 radical (unpaired) electrons. The standard InChI is InChI=1S/C9H17N/c1-5-7-10-9(4)8(3)6-2/h5-6,8-10H,1-2,7H2,3-4H3/t8-,9+/m0/s1. The second-order valence-electron chi connectivity index (χ2n) is 2.58. The number of nitrogens with one attached hydrogen (secondary N) is 1. The Bertz CT molecular complexity index is 107. The first kappa shape index (κ1) is 9.44. The maximum absolute atomic E-state index is 3.72. The molecule has 0 bridgehead atoms. The van der Waals surface area contributed by atoms with Gasteiger partial charge in [0.15, 0.2) is 0 Å². The normalized spacial score (nSPS) is 15.8. The molecule has 0 rings (SSSR count). The fraction of sp³-hybridized carbons (Fsp3) is 0.556. The van der Waals surface area contributed by atoms with Crippen molar-refractivity contribution in [3.63, 3.8) is 0 Å². The van der Waals surface area contributed by atoms with Crippen LogP contribution in [0.25, 0.3) is 0 Å². The molecule has 0 unspecified atom stereocenters. The van der Waals surface area contributed by atoms with Crippen molar-refractivity contribution in [2.75, 3.05) is 6.54 Å². The van der Waals surface area contributed by atoms with E-state index in [1.807, 2.05) is 12.2 Å². The van der Waals surface area contributed by atoms with Gasteiger partial charge in [-0.2, -0.15) is 0 Å². The van der Waals surface area contributed by atoms with Crippen molar-refractivity contribution in [2.45, 2.75) is 19.9 Å². The molecule has 0 saturated carbocycles. The van der Waals surface area contributed by atoms with Crippen LogP contribution < -0.4 is 5.32 Å². The van der Waals surface area contributed by atoms with E-state index in [-0.39, 0.29) is 0 Å². The summed E-state index contributed by atoms with van der Waals surface area (Å²) in [5.41, 5.74) is 0. The fourth-order valence-electron chi connectivity index (χ4n) is 0.659. The molecule has 0 heterocycles. The Morgan fingerprint density at radius 2 is 2.00 bits per heavy atom. The Kier molecular flexibility index (Phi) is 4.95. The molecule has 10 heavy (non-hydrogen) atoms. The van der Waals surface area contributed by atoms with Gasteiger partial charge in [0.25, 0.3) is 0 Å². The number of hydrogen-bond acceptors (Lipinski definition) is 1. The minimum Gasteiger partial charge on any atom is -0.310 e. The van der Waals surface area contributed by atoms with Crippen LogP contribution in [0.2, 0.25) is 0 Å². The lowest BCUT2D eigenvalue weighted by Gasteiger charge is -2.16. The van der Waals surface area contributed by atoms with E-state index < -0.39 is 0 Å². The maximum Gasteiger partial charge on any atom is 0.0135 e. The van der Waals surface area contributed by atoms with E-state index in [0.717, 1.165) is 6.54 Å². The van der Waals surface area contributed by atoms with Crippen LogP contribution in [0.5, 0.6) is 0 Å². The summed E-state index contributed by atoms with van der Waals surface area (Å²) in [6, 6.07) is 0.496. The van der Waals surface area contributed by atoms with Gasteiger partial charge in [0.2, 0.25) is 0 Å². The first-order valence-electron chi connectivity index (χ1n) is 3.69. The van der Waals surface area contributed by atoms with Gasteiger partial charge in [0.1, 0.15) is 0 Å². The summed E-state index contributed by atoms with van der Waals surface area (Å²) >= 11 is 0. The van der Waals surface area contributed by atoms with Gasteiger partial charge < -0.3 is 5.32 Å². The van der Waals surface area contributed by atoms with Gasteiger partial charge in [0.05, 0.1) is 0 Å². The number of rotatable bonds is 5. The summed E-state index contributed by atoms with van der Waals surface area (Å²) in [6.07, 6.45) is 3.83. The van der Waals surface area contributed by atoms with E-state index in [4.69, 9.17) is 0 Å². The van der Waals surface area contributed by atoms with Crippen molar-refractivity contribution in [2.24, 2.45) is 5.92 Å². The van der Waals surface area contributed by atoms with Crippen LogP contribution in [0.15, 0.2) is 25.3 Å². The third-order valence-corrected chi connectivity index (χ3v) is 1.74. The molecule has 0 aromatic heterocycles. The van der Waals surface area contributed by atoms with Crippen LogP contribution in [0.4, 0.5) is 0 Å². The smallest absolute Gasteiger partial charge is 0.0135 e. The number of hydrogen-bond donors (Lipinski definition) is 1. The van der Waals surface area contributed by atoms with Gasteiger partial charge in [-0.15, -0.1) is 13.2 Å². The molecule has 1 heteroatoms. The van der Waals surface area contributed by atoms with Gasteiger partial charge in [-0.3, -0.25) is 0 Å². The fourth-order valence-corrected chi connectivity index (χ4v) is 0.659. The van der Waals surface area contributed by atoms with Crippen LogP contribution >= 0.6 is 0 Å². The van der Waals surface area contributed by atoms with E-state index >= 15 is 0 Å². The van der Waals surface area contributed by atoms with Gasteiger partial charge >= 0.3 is 0 Å². The first-order chi connectivity index (χ1) is 4.72. The molecule has 0 aliphatic carbocycles. The minimum atomic E-state index is 0.496. The van der Waals surface area contributed by atoms with Crippen molar-refractivity contribution in [1.82, 2.24) is 5.32 Å². The quantitative estimate of drug-likeness (QED) is 0.574. The Morgan fingerprint density at radius 1 is 1.40 bits per heavy atom. The Labute approximate surface area is 63.8 Å². The summed E-state index contributed by atoms with van der Waals surface area (Å²) in [5, 5.41) is 3.29. The zero-order valence-corrected chi connectivity index (χ0v) is 6.93. The average molecular weight is 139 g/mol. The summed E-state index contributed by atoms with van der Waals surface area (Å²) in [5.74, 6) is 0.528. The summed E-state index contributed by atoms with van der Waals surface area (Å²) in [7, 11) is 0. The highest BCUT2D eigenvalue weighted by Gasteiger charge is 2.04. The molecule has 0 aliphatic heterocycles. The average Bonchev–Trinajstić information content (AvgIpc) is 1.98. The van der Waals surface area contributed by atoms with Gasteiger partial charge in [-0.1, -0.05) is 19.1 Å². The van der Waals surface area contributed by atoms with Crippen molar-refractivity contribution < 1.29 is 0 Å². The second-order valence-corrected chi connectivity index (χ2v) is 2.58. The van der Waals surface area contributed by atoms with Crippen molar-refractivity contribution in [1.29, 1.82) is 0 Å². The molecule has 1 nitrogen and oxygen atoms in total. The largest absolute Gasteiger partial charge is 0.310 e. The highest BCUT2D eigenvalue weighted by Crippen LogP contribution is 2.01. The Morgan fingerprint density at radius 3 is 2.40 bits per heavy atom. The van der Waals surface area contributed by atoms with Crippen molar-refractivity contribution >= 4 is 0 Å². The topological polar surface area (TPSA) is 12.0 Å². The predicted octanol–water partition coefficient (Wildman–Crippen LogP) is 1.97. The van der Waals surface area contributed by atoms with Crippen LogP contribution in [0.1, 0.15) is 13.8 Å². The first-order valence-corrected chi connectivity index (χ1v) is 3.69. The van der Waals surface area contributed by atoms with Crippen LogP contribution in [0, 0.1) is 5.92 Å². The Balaban J connectivity index is 3.49. The monoisotopic (exact) mass is 139 g/mol. The molecule has 1 N–H and O–H groups in total. The lowest BCUT2D eigenvalue weighted by Crippen LogP contribution is -2.31. The molecule has 0 aromatic rings. The van der Waals surface area contributed by atoms with E-state index in [1.165, 1.54) is 0 Å². The highest BCUT2D eigenvalue weighted by atomic mass is 14.9. The third-order valence-electron chi connectivity index (χ3n) is 1.74. The molecule has 0 saturated heterocycles. The lowest BCUT2D eigenvalue weighted by molar-refractivity contribution is 0.482. The van der Waals surface area contributed by atoms with Crippen LogP contribution in [-0.4, -0.2) is 12.6 Å². The van der Waals surface area contributed by atoms with Gasteiger partial charge in [-0.25, -0.2) is 0 Å². The molecule has 58 valence electrons. The SMILES string of the molecule is C=CCN[C@H](C)[C@@H](C)C=C. The van der Waals surface area contributed by atoms with E-state index in [9.17, 15) is 0 Å². The molecule has 2 atom stereocenters. The van der Waals surface area contributed by atoms with Crippen LogP contribution in [-0.2, 0) is 0 Å². The summed E-state index contributed by atoms with van der Waals surface area (Å²) < 4.78 is 0. The van der Waals surface area contributed by atoms with E-state index in [2.05, 4.69) is 32.3 Å². The zero-order chi connectivity index (χ0) is 7.98. The predicted molar refractivity (Wildman–Crippen MR) is 47.0 cm³/mol. The summed E-state index contributed by atoms with van der Waals surface area (Å²) in [4.78, 5) is 0. The van der Waals surface area contributed by atoms with Gasteiger partial charge in [0, 0.05) is 12.6 Å². The molecule has 0 spiro atoms.